The van der Waals surface area contributed by atoms with E-state index in [1.54, 1.807) is 0 Å². The lowest BCUT2D eigenvalue weighted by atomic mass is 9.78. The van der Waals surface area contributed by atoms with Crippen LogP contribution in [-0.2, 0) is 5.41 Å². The number of para-hydroxylation sites is 1. The summed E-state index contributed by atoms with van der Waals surface area (Å²) in [5.41, 5.74) is 2.20. The summed E-state index contributed by atoms with van der Waals surface area (Å²) in [6.45, 7) is 4.33. The molecule has 0 atom stereocenters. The summed E-state index contributed by atoms with van der Waals surface area (Å²) in [5, 5.41) is 0. The van der Waals surface area contributed by atoms with Gasteiger partial charge >= 0.3 is 0 Å². The van der Waals surface area contributed by atoms with E-state index >= 15 is 0 Å². The summed E-state index contributed by atoms with van der Waals surface area (Å²) in [7, 11) is 5.33. The molecule has 2 aromatic rings. The van der Waals surface area contributed by atoms with Crippen LogP contribution in [0.5, 0.6) is 5.75 Å². The number of hydrogen-bond donors (Lipinski definition) is 0. The van der Waals surface area contributed by atoms with Crippen LogP contribution in [0.3, 0.4) is 0 Å². The summed E-state index contributed by atoms with van der Waals surface area (Å²) in [4.78, 5) is 0. The zero-order valence-electron chi connectivity index (χ0n) is 10.2. The molecule has 2 aromatic carbocycles. The molecule has 0 amide bonds. The molecular weight excluding hydrogens is 208 g/mol. The molecular formula is C16H16O. The average molecular weight is 224 g/mol. The van der Waals surface area contributed by atoms with Crippen molar-refractivity contribution < 1.29 is 4.74 Å². The molecule has 0 aromatic heterocycles. The van der Waals surface area contributed by atoms with E-state index in [0.29, 0.717) is 0 Å². The predicted molar refractivity (Wildman–Crippen MR) is 69.9 cm³/mol. The fourth-order valence-electron chi connectivity index (χ4n) is 2.10. The van der Waals surface area contributed by atoms with Crippen molar-refractivity contribution in [2.45, 2.75) is 19.3 Å². The third kappa shape index (κ3) is 2.19. The highest BCUT2D eigenvalue weighted by atomic mass is 16.5. The Morgan fingerprint density at radius 2 is 1.47 bits per heavy atom. The molecule has 0 spiro atoms. The van der Waals surface area contributed by atoms with Crippen molar-refractivity contribution in [3.05, 3.63) is 72.8 Å². The summed E-state index contributed by atoms with van der Waals surface area (Å²) in [5.74, 6) is 0.723. The lowest BCUT2D eigenvalue weighted by Gasteiger charge is -2.27. The third-order valence-corrected chi connectivity index (χ3v) is 3.18. The minimum atomic E-state index is -0.128. The van der Waals surface area contributed by atoms with E-state index in [1.807, 2.05) is 36.4 Å². The average Bonchev–Trinajstić information content (AvgIpc) is 2.39. The van der Waals surface area contributed by atoms with E-state index in [4.69, 9.17) is 11.8 Å². The molecule has 0 aliphatic heterocycles. The monoisotopic (exact) mass is 224 g/mol. The van der Waals surface area contributed by atoms with Crippen molar-refractivity contribution in [1.29, 1.82) is 0 Å². The van der Waals surface area contributed by atoms with Gasteiger partial charge < -0.3 is 4.74 Å². The maximum absolute atomic E-state index is 5.33. The van der Waals surface area contributed by atoms with Gasteiger partial charge in [0.05, 0.1) is 0 Å². The van der Waals surface area contributed by atoms with Gasteiger partial charge in [-0.25, -0.2) is 0 Å². The fourth-order valence-corrected chi connectivity index (χ4v) is 2.10. The van der Waals surface area contributed by atoms with Gasteiger partial charge in [0.1, 0.15) is 5.75 Å². The third-order valence-electron chi connectivity index (χ3n) is 3.18. The Hall–Kier alpha value is -1.76. The maximum Gasteiger partial charge on any atom is 0.180 e. The largest absolute Gasteiger partial charge is 0.482 e. The topological polar surface area (TPSA) is 9.23 Å². The highest BCUT2D eigenvalue weighted by Gasteiger charge is 2.25. The molecule has 2 rings (SSSR count). The van der Waals surface area contributed by atoms with E-state index in [-0.39, 0.29) is 5.41 Å². The van der Waals surface area contributed by atoms with Gasteiger partial charge in [-0.1, -0.05) is 62.4 Å². The van der Waals surface area contributed by atoms with Gasteiger partial charge in [-0.2, -0.15) is 0 Å². The number of ether oxygens (including phenoxy) is 1. The second-order valence-electron chi connectivity index (χ2n) is 4.61. The zero-order valence-corrected chi connectivity index (χ0v) is 10.2. The quantitative estimate of drug-likeness (QED) is 0.764. The standard InChI is InChI=1S/C16H16O/c1-16(2,13-9-5-4-6-10-13)14-11-7-8-12-15(14)17-3/h3-12H,1-2H3. The molecule has 0 fully saturated rings. The molecule has 0 unspecified atom stereocenters. The summed E-state index contributed by atoms with van der Waals surface area (Å²) >= 11 is 0. The van der Waals surface area contributed by atoms with Crippen LogP contribution < -0.4 is 4.74 Å². The Balaban J connectivity index is 2.51. The van der Waals surface area contributed by atoms with Crippen molar-refractivity contribution in [2.24, 2.45) is 0 Å². The molecule has 1 nitrogen and oxygen atoms in total. The van der Waals surface area contributed by atoms with E-state index in [9.17, 15) is 0 Å². The molecule has 0 heterocycles. The van der Waals surface area contributed by atoms with Gasteiger partial charge in [-0.15, -0.1) is 0 Å². The van der Waals surface area contributed by atoms with E-state index < -0.39 is 0 Å². The van der Waals surface area contributed by atoms with Gasteiger partial charge in [-0.05, 0) is 11.6 Å². The predicted octanol–water partition coefficient (Wildman–Crippen LogP) is 4.06. The van der Waals surface area contributed by atoms with Gasteiger partial charge in [0.25, 0.3) is 0 Å². The normalized spacial score (nSPS) is 11.2. The summed E-state index contributed by atoms with van der Waals surface area (Å²) in [6.07, 6.45) is 0. The minimum absolute atomic E-state index is 0.128. The van der Waals surface area contributed by atoms with Crippen LogP contribution in [0, 0.1) is 7.11 Å². The van der Waals surface area contributed by atoms with Gasteiger partial charge in [0.15, 0.2) is 7.11 Å². The van der Waals surface area contributed by atoms with Crippen molar-refractivity contribution >= 4 is 0 Å². The lowest BCUT2D eigenvalue weighted by Crippen LogP contribution is -2.19. The molecule has 0 bridgehead atoms. The van der Waals surface area contributed by atoms with Crippen LogP contribution in [0.25, 0.3) is 0 Å². The Kier molecular flexibility index (Phi) is 3.19. The number of rotatable bonds is 3. The molecule has 0 aliphatic rings. The van der Waals surface area contributed by atoms with E-state index in [2.05, 4.69) is 32.0 Å². The Labute approximate surface area is 103 Å². The van der Waals surface area contributed by atoms with Crippen molar-refractivity contribution in [2.75, 3.05) is 0 Å². The second-order valence-corrected chi connectivity index (χ2v) is 4.61. The Bertz CT molecular complexity index is 486. The van der Waals surface area contributed by atoms with Crippen LogP contribution in [0.1, 0.15) is 25.0 Å². The highest BCUT2D eigenvalue weighted by molar-refractivity contribution is 5.45. The van der Waals surface area contributed by atoms with Gasteiger partial charge in [0, 0.05) is 11.0 Å². The Morgan fingerprint density at radius 1 is 0.882 bits per heavy atom. The zero-order chi connectivity index (χ0) is 12.3. The molecule has 86 valence electrons. The molecule has 0 N–H and O–H groups in total. The van der Waals surface area contributed by atoms with E-state index in [1.165, 1.54) is 5.56 Å². The van der Waals surface area contributed by atoms with Crippen LogP contribution in [0.2, 0.25) is 0 Å². The fraction of sp³-hybridized carbons (Fsp3) is 0.188. The first-order chi connectivity index (χ1) is 8.16. The van der Waals surface area contributed by atoms with Crippen molar-refractivity contribution in [1.82, 2.24) is 0 Å². The lowest BCUT2D eigenvalue weighted by molar-refractivity contribution is 0.453. The second kappa shape index (κ2) is 4.62. The van der Waals surface area contributed by atoms with E-state index in [0.717, 1.165) is 11.3 Å². The van der Waals surface area contributed by atoms with Gasteiger partial charge in [-0.3, -0.25) is 0 Å². The van der Waals surface area contributed by atoms with Crippen LogP contribution in [0.15, 0.2) is 54.6 Å². The van der Waals surface area contributed by atoms with Crippen LogP contribution in [0.4, 0.5) is 0 Å². The minimum Gasteiger partial charge on any atom is -0.482 e. The van der Waals surface area contributed by atoms with Crippen LogP contribution >= 0.6 is 0 Å². The first kappa shape index (κ1) is 11.7. The summed E-state index contributed by atoms with van der Waals surface area (Å²) < 4.78 is 4.95. The van der Waals surface area contributed by atoms with Gasteiger partial charge in [0.2, 0.25) is 0 Å². The first-order valence-electron chi connectivity index (χ1n) is 5.68. The number of hydrogen-bond acceptors (Lipinski definition) is 1. The SMILES string of the molecule is [CH]Oc1ccccc1C(C)(C)c1ccccc1. The highest BCUT2D eigenvalue weighted by Crippen LogP contribution is 2.36. The first-order valence-corrected chi connectivity index (χ1v) is 5.68. The number of benzene rings is 2. The molecule has 0 saturated heterocycles. The smallest absolute Gasteiger partial charge is 0.180 e. The maximum atomic E-state index is 5.33. The van der Waals surface area contributed by atoms with Crippen molar-refractivity contribution in [3.63, 3.8) is 0 Å². The van der Waals surface area contributed by atoms with Crippen LogP contribution in [-0.4, -0.2) is 0 Å². The van der Waals surface area contributed by atoms with Crippen molar-refractivity contribution in [3.8, 4) is 5.75 Å². The molecule has 2 radical (unpaired) electrons. The molecule has 0 aliphatic carbocycles. The Morgan fingerprint density at radius 3 is 2.12 bits per heavy atom. The summed E-state index contributed by atoms with van der Waals surface area (Å²) in [6, 6.07) is 18.2. The molecule has 0 saturated carbocycles. The molecule has 17 heavy (non-hydrogen) atoms. The molecule has 1 heteroatoms.